The number of halogens is 1. The maximum absolute atomic E-state index is 15.0. The van der Waals surface area contributed by atoms with Gasteiger partial charge in [-0.2, -0.15) is 5.10 Å². The highest BCUT2D eigenvalue weighted by Crippen LogP contribution is 2.40. The normalized spacial score (nSPS) is 22.9. The molecule has 13 heteroatoms. The van der Waals surface area contributed by atoms with Gasteiger partial charge in [0, 0.05) is 76.0 Å². The summed E-state index contributed by atoms with van der Waals surface area (Å²) in [5, 5.41) is 7.97. The molecule has 3 atom stereocenters. The average molecular weight is 717 g/mol. The van der Waals surface area contributed by atoms with E-state index in [9.17, 15) is 23.6 Å². The number of fused-ring (bicyclic) bond motifs is 3. The van der Waals surface area contributed by atoms with Crippen molar-refractivity contribution in [3.05, 3.63) is 75.5 Å². The zero-order chi connectivity index (χ0) is 36.6. The van der Waals surface area contributed by atoms with Crippen LogP contribution in [0.5, 0.6) is 0 Å². The van der Waals surface area contributed by atoms with Gasteiger partial charge in [-0.15, -0.1) is 0 Å². The van der Waals surface area contributed by atoms with Crippen molar-refractivity contribution in [3.8, 4) is 0 Å². The Morgan fingerprint density at radius 1 is 0.865 bits per heavy atom. The van der Waals surface area contributed by atoms with Crippen LogP contribution in [0.4, 0.5) is 9.18 Å². The first-order valence-electron chi connectivity index (χ1n) is 18.6. The van der Waals surface area contributed by atoms with Crippen LogP contribution in [-0.4, -0.2) is 124 Å². The van der Waals surface area contributed by atoms with Crippen molar-refractivity contribution in [2.24, 2.45) is 11.8 Å². The molecule has 1 N–H and O–H groups in total. The maximum atomic E-state index is 15.0. The van der Waals surface area contributed by atoms with Crippen molar-refractivity contribution >= 4 is 28.7 Å². The molecule has 1 aromatic heterocycles. The van der Waals surface area contributed by atoms with Gasteiger partial charge in [-0.3, -0.25) is 19.3 Å². The van der Waals surface area contributed by atoms with Gasteiger partial charge in [0.25, 0.3) is 11.5 Å². The van der Waals surface area contributed by atoms with Crippen LogP contribution in [0.25, 0.3) is 10.8 Å². The molecule has 2 bridgehead atoms. The van der Waals surface area contributed by atoms with Crippen molar-refractivity contribution in [2.45, 2.75) is 70.7 Å². The lowest BCUT2D eigenvalue weighted by Gasteiger charge is -2.41. The quantitative estimate of drug-likeness (QED) is 0.388. The summed E-state index contributed by atoms with van der Waals surface area (Å²) in [6.45, 7) is 10.3. The van der Waals surface area contributed by atoms with E-state index in [1.165, 1.54) is 6.07 Å². The first-order chi connectivity index (χ1) is 24.9. The summed E-state index contributed by atoms with van der Waals surface area (Å²) in [5.41, 5.74) is 0.531. The summed E-state index contributed by atoms with van der Waals surface area (Å²) < 4.78 is 27.3. The number of nitrogens with zero attached hydrogens (tertiary/aromatic N) is 5. The van der Waals surface area contributed by atoms with Crippen molar-refractivity contribution in [3.63, 3.8) is 0 Å². The van der Waals surface area contributed by atoms with Crippen LogP contribution < -0.4 is 5.56 Å². The minimum Gasteiger partial charge on any atom is -0.444 e. The third kappa shape index (κ3) is 8.00. The first kappa shape index (κ1) is 36.0. The molecule has 2 unspecified atom stereocenters. The standard InChI is InChI=1S/C39H49FN6O6/c1-39(2,3)52-38(50)46-22-26-9-10-27(23-46)35(26)51-28-12-14-43(15-13-28)24-34(47)44-16-18-45(19-17-44)37(49)31-20-25(8-11-32(31)40)21-33-29-6-4-5-7-30(29)36(48)42-41-33/h4-8,11,20,26-28,35H,9-10,12-19,21-24H2,1-3H3,(H,42,48)/t26-,27?,35?/m0/s1. The number of H-pyrrole nitrogens is 1. The van der Waals surface area contributed by atoms with Gasteiger partial charge < -0.3 is 24.2 Å². The number of aromatic amines is 1. The molecule has 4 fully saturated rings. The number of hydrogen-bond acceptors (Lipinski definition) is 8. The fraction of sp³-hybridized carbons (Fsp3) is 0.564. The number of ether oxygens (including phenoxy) is 2. The van der Waals surface area contributed by atoms with Crippen molar-refractivity contribution in [1.82, 2.24) is 29.8 Å². The smallest absolute Gasteiger partial charge is 0.410 e. The van der Waals surface area contributed by atoms with Gasteiger partial charge in [0.15, 0.2) is 0 Å². The van der Waals surface area contributed by atoms with Crippen LogP contribution in [0, 0.1) is 17.7 Å². The molecule has 3 aromatic rings. The number of amides is 3. The molecule has 278 valence electrons. The minimum atomic E-state index is -0.599. The molecule has 3 amide bonds. The monoisotopic (exact) mass is 716 g/mol. The highest BCUT2D eigenvalue weighted by molar-refractivity contribution is 5.95. The fourth-order valence-corrected chi connectivity index (χ4v) is 8.26. The molecule has 1 saturated carbocycles. The third-order valence-corrected chi connectivity index (χ3v) is 11.0. The van der Waals surface area contributed by atoms with E-state index in [-0.39, 0.29) is 35.3 Å². The molecule has 7 rings (SSSR count). The Balaban J connectivity index is 0.862. The molecule has 3 saturated heterocycles. The van der Waals surface area contributed by atoms with E-state index in [2.05, 4.69) is 15.1 Å². The molecular formula is C39H49FN6O6. The summed E-state index contributed by atoms with van der Waals surface area (Å²) in [7, 11) is 0. The molecule has 0 spiro atoms. The summed E-state index contributed by atoms with van der Waals surface area (Å²) in [5.74, 6) is -0.309. The van der Waals surface area contributed by atoms with E-state index in [1.54, 1.807) is 34.1 Å². The van der Waals surface area contributed by atoms with E-state index in [0.717, 1.165) is 38.8 Å². The number of piperazine rings is 1. The van der Waals surface area contributed by atoms with Crippen LogP contribution in [0.15, 0.2) is 47.3 Å². The molecule has 4 aliphatic rings. The largest absolute Gasteiger partial charge is 0.444 e. The molecule has 3 aliphatic heterocycles. The van der Waals surface area contributed by atoms with Gasteiger partial charge in [-0.1, -0.05) is 24.3 Å². The SMILES string of the molecule is CC(C)(C)OC(=O)N1CC2CC[C@@H](C1)C2OC1CCN(CC(=O)N2CCN(C(=O)c3cc(Cc4n[nH]c(=O)c5ccccc45)ccc3F)CC2)CC1. The first-order valence-corrected chi connectivity index (χ1v) is 18.6. The second-order valence-electron chi connectivity index (χ2n) is 15.8. The summed E-state index contributed by atoms with van der Waals surface area (Å²) in [6.07, 6.45) is 4.25. The number of nitrogens with one attached hydrogen (secondary N) is 1. The van der Waals surface area contributed by atoms with Crippen LogP contribution in [-0.2, 0) is 20.7 Å². The van der Waals surface area contributed by atoms with Gasteiger partial charge in [-0.25, -0.2) is 14.3 Å². The summed E-state index contributed by atoms with van der Waals surface area (Å²) in [4.78, 5) is 59.0. The molecule has 4 heterocycles. The lowest BCUT2D eigenvalue weighted by molar-refractivity contribution is -0.135. The maximum Gasteiger partial charge on any atom is 0.410 e. The van der Waals surface area contributed by atoms with E-state index >= 15 is 0 Å². The third-order valence-electron chi connectivity index (χ3n) is 11.0. The molecule has 2 aromatic carbocycles. The van der Waals surface area contributed by atoms with Gasteiger partial charge in [0.2, 0.25) is 5.91 Å². The van der Waals surface area contributed by atoms with E-state index < -0.39 is 17.3 Å². The fourth-order valence-electron chi connectivity index (χ4n) is 8.26. The number of carbonyl (C=O) groups is 3. The van der Waals surface area contributed by atoms with Crippen molar-refractivity contribution < 1.29 is 28.2 Å². The van der Waals surface area contributed by atoms with Crippen molar-refractivity contribution in [1.29, 1.82) is 0 Å². The predicted octanol–water partition coefficient (Wildman–Crippen LogP) is 4.06. The van der Waals surface area contributed by atoms with Crippen molar-refractivity contribution in [2.75, 3.05) is 58.9 Å². The second kappa shape index (κ2) is 14.9. The predicted molar refractivity (Wildman–Crippen MR) is 192 cm³/mol. The molecule has 1 aliphatic carbocycles. The van der Waals surface area contributed by atoms with E-state index in [4.69, 9.17) is 9.47 Å². The summed E-state index contributed by atoms with van der Waals surface area (Å²) in [6, 6.07) is 11.7. The Hall–Kier alpha value is -4.36. The molecular weight excluding hydrogens is 667 g/mol. The van der Waals surface area contributed by atoms with Gasteiger partial charge >= 0.3 is 6.09 Å². The lowest BCUT2D eigenvalue weighted by atomic mass is 9.94. The number of likely N-dealkylation sites (tertiary alicyclic amines) is 2. The Kier molecular flexibility index (Phi) is 10.3. The topological polar surface area (TPSA) is 128 Å². The molecule has 0 radical (unpaired) electrons. The zero-order valence-corrected chi connectivity index (χ0v) is 30.3. The molecule has 52 heavy (non-hydrogen) atoms. The number of rotatable bonds is 7. The van der Waals surface area contributed by atoms with Crippen LogP contribution >= 0.6 is 0 Å². The molecule has 12 nitrogen and oxygen atoms in total. The highest BCUT2D eigenvalue weighted by Gasteiger charge is 2.46. The van der Waals surface area contributed by atoms with E-state index in [0.29, 0.717) is 86.1 Å². The highest BCUT2D eigenvalue weighted by atomic mass is 19.1. The number of aromatic nitrogens is 2. The van der Waals surface area contributed by atoms with Crippen LogP contribution in [0.1, 0.15) is 68.1 Å². The Morgan fingerprint density at radius 3 is 2.19 bits per heavy atom. The minimum absolute atomic E-state index is 0.0160. The number of piperidine rings is 2. The summed E-state index contributed by atoms with van der Waals surface area (Å²) >= 11 is 0. The second-order valence-corrected chi connectivity index (χ2v) is 15.8. The van der Waals surface area contributed by atoms with E-state index in [1.807, 2.05) is 37.8 Å². The van der Waals surface area contributed by atoms with Gasteiger partial charge in [0.1, 0.15) is 11.4 Å². The Labute approximate surface area is 303 Å². The van der Waals surface area contributed by atoms with Gasteiger partial charge in [0.05, 0.1) is 35.4 Å². The Bertz CT molecular complexity index is 1850. The van der Waals surface area contributed by atoms with Crippen LogP contribution in [0.2, 0.25) is 0 Å². The zero-order valence-electron chi connectivity index (χ0n) is 30.3. The average Bonchev–Trinajstić information content (AvgIpc) is 3.34. The number of carbonyl (C=O) groups excluding carboxylic acids is 3. The van der Waals surface area contributed by atoms with Crippen LogP contribution in [0.3, 0.4) is 0 Å². The number of benzene rings is 2. The number of hydrogen-bond donors (Lipinski definition) is 1. The van der Waals surface area contributed by atoms with Gasteiger partial charge in [-0.05, 0) is 70.2 Å². The lowest BCUT2D eigenvalue weighted by Crippen LogP contribution is -2.53. The Morgan fingerprint density at radius 2 is 1.52 bits per heavy atom.